The number of rotatable bonds is 2. The Bertz CT molecular complexity index is 575. The first-order valence-electron chi connectivity index (χ1n) is 5.86. The zero-order chi connectivity index (χ0) is 14.9. The molecular weight excluding hydrogens is 293 g/mol. The van der Waals surface area contributed by atoms with Crippen LogP contribution in [-0.2, 0) is 11.0 Å². The van der Waals surface area contributed by atoms with Crippen LogP contribution in [0.5, 0.6) is 0 Å². The first-order valence-corrected chi connectivity index (χ1v) is 6.24. The Kier molecular flexibility index (Phi) is 4.06. The number of halogens is 4. The van der Waals surface area contributed by atoms with E-state index in [1.165, 1.54) is 0 Å². The fraction of sp³-hybridized carbons (Fsp3) is 0.308. The molecule has 1 amide bonds. The van der Waals surface area contributed by atoms with Crippen LogP contribution >= 0.6 is 11.6 Å². The van der Waals surface area contributed by atoms with Gasteiger partial charge in [-0.05, 0) is 30.7 Å². The van der Waals surface area contributed by atoms with E-state index in [4.69, 9.17) is 11.6 Å². The van der Waals surface area contributed by atoms with E-state index in [1.54, 1.807) is 6.92 Å². The monoisotopic (exact) mass is 304 g/mol. The Morgan fingerprint density at radius 1 is 1.35 bits per heavy atom. The lowest BCUT2D eigenvalue weighted by atomic mass is 10.0. The van der Waals surface area contributed by atoms with E-state index in [2.05, 4.69) is 10.6 Å². The Labute approximate surface area is 118 Å². The summed E-state index contributed by atoms with van der Waals surface area (Å²) in [5.41, 5.74) is 0.848. The minimum atomic E-state index is -4.46. The average Bonchev–Trinajstić information content (AvgIpc) is 2.27. The van der Waals surface area contributed by atoms with Crippen molar-refractivity contribution in [3.63, 3.8) is 0 Å². The molecule has 0 aliphatic carbocycles. The second-order valence-corrected chi connectivity index (χ2v) is 4.89. The molecule has 0 spiro atoms. The zero-order valence-corrected chi connectivity index (χ0v) is 11.3. The number of benzene rings is 1. The molecule has 1 aliphatic heterocycles. The first kappa shape index (κ1) is 14.9. The van der Waals surface area contributed by atoms with Crippen LogP contribution in [0.2, 0.25) is 5.02 Å². The van der Waals surface area contributed by atoms with Gasteiger partial charge in [0.2, 0.25) is 0 Å². The lowest BCUT2D eigenvalue weighted by Gasteiger charge is -2.21. The second kappa shape index (κ2) is 5.46. The molecular formula is C13H12ClF3N2O. The number of anilines is 1. The van der Waals surface area contributed by atoms with Crippen LogP contribution in [0.25, 0.3) is 0 Å². The maximum Gasteiger partial charge on any atom is 0.416 e. The first-order chi connectivity index (χ1) is 9.29. The molecule has 3 nitrogen and oxygen atoms in total. The quantitative estimate of drug-likeness (QED) is 0.824. The van der Waals surface area contributed by atoms with Gasteiger partial charge in [0.05, 0.1) is 16.3 Å². The van der Waals surface area contributed by atoms with Gasteiger partial charge in [-0.2, -0.15) is 13.2 Å². The highest BCUT2D eigenvalue weighted by Crippen LogP contribution is 2.33. The van der Waals surface area contributed by atoms with Crippen LogP contribution < -0.4 is 10.6 Å². The fourth-order valence-corrected chi connectivity index (χ4v) is 1.91. The van der Waals surface area contributed by atoms with E-state index >= 15 is 0 Å². The van der Waals surface area contributed by atoms with Gasteiger partial charge in [0.15, 0.2) is 0 Å². The minimum absolute atomic E-state index is 0.141. The SMILES string of the molecule is CC(C(=O)Nc1ccc(C(F)(F)F)cc1Cl)=C1CNC1. The largest absolute Gasteiger partial charge is 0.416 e. The molecule has 1 heterocycles. The molecule has 1 fully saturated rings. The molecule has 1 aromatic rings. The number of carbonyl (C=O) groups excluding carboxylic acids is 1. The third-order valence-electron chi connectivity index (χ3n) is 3.09. The molecule has 0 radical (unpaired) electrons. The Morgan fingerprint density at radius 2 is 2.00 bits per heavy atom. The molecule has 2 N–H and O–H groups in total. The second-order valence-electron chi connectivity index (χ2n) is 4.48. The molecule has 1 saturated heterocycles. The van der Waals surface area contributed by atoms with Crippen molar-refractivity contribution < 1.29 is 18.0 Å². The van der Waals surface area contributed by atoms with E-state index in [1.807, 2.05) is 0 Å². The van der Waals surface area contributed by atoms with Gasteiger partial charge in [-0.15, -0.1) is 0 Å². The van der Waals surface area contributed by atoms with Crippen molar-refractivity contribution in [3.05, 3.63) is 39.9 Å². The van der Waals surface area contributed by atoms with Crippen molar-refractivity contribution in [1.29, 1.82) is 0 Å². The number of nitrogens with one attached hydrogen (secondary N) is 2. The maximum atomic E-state index is 12.5. The number of hydrogen-bond donors (Lipinski definition) is 2. The van der Waals surface area contributed by atoms with Gasteiger partial charge in [0.1, 0.15) is 0 Å². The Morgan fingerprint density at radius 3 is 2.45 bits per heavy atom. The molecule has 0 atom stereocenters. The summed E-state index contributed by atoms with van der Waals surface area (Å²) >= 11 is 5.77. The van der Waals surface area contributed by atoms with Crippen LogP contribution in [0.3, 0.4) is 0 Å². The highest BCUT2D eigenvalue weighted by molar-refractivity contribution is 6.34. The molecule has 0 bridgehead atoms. The summed E-state index contributed by atoms with van der Waals surface area (Å²) < 4.78 is 37.5. The van der Waals surface area contributed by atoms with Gasteiger partial charge in [-0.3, -0.25) is 4.79 Å². The highest BCUT2D eigenvalue weighted by atomic mass is 35.5. The predicted molar refractivity (Wildman–Crippen MR) is 70.7 cm³/mol. The Balaban J connectivity index is 2.16. The number of carbonyl (C=O) groups is 1. The smallest absolute Gasteiger partial charge is 0.321 e. The minimum Gasteiger partial charge on any atom is -0.321 e. The molecule has 20 heavy (non-hydrogen) atoms. The summed E-state index contributed by atoms with van der Waals surface area (Å²) in [6, 6.07) is 2.83. The Hall–Kier alpha value is -1.53. The number of amides is 1. The van der Waals surface area contributed by atoms with Crippen molar-refractivity contribution in [3.8, 4) is 0 Å². The topological polar surface area (TPSA) is 41.1 Å². The van der Waals surface area contributed by atoms with E-state index < -0.39 is 11.7 Å². The van der Waals surface area contributed by atoms with Gasteiger partial charge in [0.25, 0.3) is 5.91 Å². The lowest BCUT2D eigenvalue weighted by Crippen LogP contribution is -2.36. The van der Waals surface area contributed by atoms with Crippen molar-refractivity contribution >= 4 is 23.2 Å². The van der Waals surface area contributed by atoms with Crippen LogP contribution in [0, 0.1) is 0 Å². The van der Waals surface area contributed by atoms with Crippen LogP contribution in [0.4, 0.5) is 18.9 Å². The third kappa shape index (κ3) is 3.13. The van der Waals surface area contributed by atoms with E-state index in [9.17, 15) is 18.0 Å². The molecule has 1 aliphatic rings. The molecule has 0 saturated carbocycles. The van der Waals surface area contributed by atoms with Gasteiger partial charge in [-0.25, -0.2) is 0 Å². The molecule has 1 aromatic carbocycles. The molecule has 2 rings (SSSR count). The molecule has 0 aromatic heterocycles. The van der Waals surface area contributed by atoms with Crippen molar-refractivity contribution in [2.75, 3.05) is 18.4 Å². The summed E-state index contributed by atoms with van der Waals surface area (Å²) in [4.78, 5) is 11.9. The summed E-state index contributed by atoms with van der Waals surface area (Å²) in [7, 11) is 0. The summed E-state index contributed by atoms with van der Waals surface area (Å²) in [5, 5.41) is 5.38. The number of alkyl halides is 3. The van der Waals surface area contributed by atoms with Gasteiger partial charge < -0.3 is 10.6 Å². The standard InChI is InChI=1S/C13H12ClF3N2O/c1-7(8-5-18-6-8)12(20)19-11-3-2-9(4-10(11)14)13(15,16)17/h2-4,18H,5-6H2,1H3,(H,19,20). The predicted octanol–water partition coefficient (Wildman–Crippen LogP) is 3.22. The zero-order valence-electron chi connectivity index (χ0n) is 10.6. The molecule has 0 unspecified atom stereocenters. The summed E-state index contributed by atoms with van der Waals surface area (Å²) in [5.74, 6) is -0.358. The normalized spacial score (nSPS) is 14.8. The molecule has 7 heteroatoms. The van der Waals surface area contributed by atoms with E-state index in [0.29, 0.717) is 18.7 Å². The van der Waals surface area contributed by atoms with Gasteiger partial charge in [0, 0.05) is 18.7 Å². The van der Waals surface area contributed by atoms with Crippen molar-refractivity contribution in [2.24, 2.45) is 0 Å². The van der Waals surface area contributed by atoms with Crippen molar-refractivity contribution in [2.45, 2.75) is 13.1 Å². The number of hydrogen-bond acceptors (Lipinski definition) is 2. The maximum absolute atomic E-state index is 12.5. The molecule has 108 valence electrons. The van der Waals surface area contributed by atoms with Crippen molar-refractivity contribution in [1.82, 2.24) is 5.32 Å². The summed E-state index contributed by atoms with van der Waals surface area (Å²) in [6.45, 7) is 2.98. The average molecular weight is 305 g/mol. The van der Waals surface area contributed by atoms with Crippen LogP contribution in [0.15, 0.2) is 29.3 Å². The van der Waals surface area contributed by atoms with E-state index in [0.717, 1.165) is 23.8 Å². The highest BCUT2D eigenvalue weighted by Gasteiger charge is 2.31. The lowest BCUT2D eigenvalue weighted by molar-refractivity contribution is -0.137. The fourth-order valence-electron chi connectivity index (χ4n) is 1.68. The van der Waals surface area contributed by atoms with E-state index in [-0.39, 0.29) is 16.6 Å². The van der Waals surface area contributed by atoms with Gasteiger partial charge in [-0.1, -0.05) is 11.6 Å². The van der Waals surface area contributed by atoms with Crippen LogP contribution in [0.1, 0.15) is 12.5 Å². The van der Waals surface area contributed by atoms with Gasteiger partial charge >= 0.3 is 6.18 Å². The van der Waals surface area contributed by atoms with Crippen LogP contribution in [-0.4, -0.2) is 19.0 Å². The summed E-state index contributed by atoms with van der Waals surface area (Å²) in [6.07, 6.45) is -4.46. The third-order valence-corrected chi connectivity index (χ3v) is 3.41.